The lowest BCUT2D eigenvalue weighted by Gasteiger charge is -2.14. The van der Waals surface area contributed by atoms with E-state index >= 15 is 0 Å². The molecular formula is C17H22O. The van der Waals surface area contributed by atoms with Gasteiger partial charge in [-0.25, -0.2) is 0 Å². The second-order valence-electron chi connectivity index (χ2n) is 5.61. The summed E-state index contributed by atoms with van der Waals surface area (Å²) in [6.45, 7) is 13.1. The van der Waals surface area contributed by atoms with Gasteiger partial charge in [-0.2, -0.15) is 0 Å². The molecule has 0 radical (unpaired) electrons. The van der Waals surface area contributed by atoms with Crippen molar-refractivity contribution in [3.63, 3.8) is 0 Å². The molecule has 0 saturated heterocycles. The highest BCUT2D eigenvalue weighted by molar-refractivity contribution is 5.78. The smallest absolute Gasteiger partial charge is 0.135 e. The lowest BCUT2D eigenvalue weighted by Crippen LogP contribution is -2.22. The molecule has 0 aliphatic heterocycles. The van der Waals surface area contributed by atoms with Gasteiger partial charge in [0.15, 0.2) is 0 Å². The molecule has 0 fully saturated rings. The number of para-hydroxylation sites is 1. The average Bonchev–Trinajstić information content (AvgIpc) is 2.67. The molecule has 1 heteroatoms. The van der Waals surface area contributed by atoms with Gasteiger partial charge in [-0.15, -0.1) is 0 Å². The highest BCUT2D eigenvalue weighted by atomic mass is 16.3. The van der Waals surface area contributed by atoms with Crippen LogP contribution in [0.1, 0.15) is 34.1 Å². The normalized spacial score (nSPS) is 15.2. The van der Waals surface area contributed by atoms with E-state index in [0.717, 1.165) is 28.0 Å². The Kier molecular flexibility index (Phi) is 3.60. The van der Waals surface area contributed by atoms with Gasteiger partial charge in [-0.3, -0.25) is 0 Å². The monoisotopic (exact) mass is 242 g/mol. The van der Waals surface area contributed by atoms with Gasteiger partial charge in [0.25, 0.3) is 0 Å². The highest BCUT2D eigenvalue weighted by Gasteiger charge is 2.10. The summed E-state index contributed by atoms with van der Waals surface area (Å²) in [5.41, 5.74) is 3.22. The molecular weight excluding hydrogens is 220 g/mol. The van der Waals surface area contributed by atoms with E-state index < -0.39 is 0 Å². The van der Waals surface area contributed by atoms with Gasteiger partial charge in [-0.1, -0.05) is 45.5 Å². The number of hydrogen-bond acceptors (Lipinski definition) is 1. The Labute approximate surface area is 109 Å². The molecule has 18 heavy (non-hydrogen) atoms. The SMILES string of the molecule is C=c1/c(=C(\C)C[C@H](C)C(C)C)oc2ccccc12. The zero-order chi connectivity index (χ0) is 13.3. The van der Waals surface area contributed by atoms with Crippen molar-refractivity contribution in [2.45, 2.75) is 34.1 Å². The van der Waals surface area contributed by atoms with Gasteiger partial charge >= 0.3 is 0 Å². The van der Waals surface area contributed by atoms with E-state index in [4.69, 9.17) is 4.42 Å². The maximum atomic E-state index is 5.94. The third-order valence-electron chi connectivity index (χ3n) is 3.85. The summed E-state index contributed by atoms with van der Waals surface area (Å²) in [5.74, 6) is 1.36. The van der Waals surface area contributed by atoms with E-state index in [0.29, 0.717) is 11.8 Å². The summed E-state index contributed by atoms with van der Waals surface area (Å²) >= 11 is 0. The number of furan rings is 1. The van der Waals surface area contributed by atoms with E-state index in [-0.39, 0.29) is 0 Å². The molecule has 1 aromatic heterocycles. The van der Waals surface area contributed by atoms with Crippen molar-refractivity contribution >= 4 is 23.1 Å². The zero-order valence-corrected chi connectivity index (χ0v) is 11.8. The maximum absolute atomic E-state index is 5.94. The van der Waals surface area contributed by atoms with E-state index in [2.05, 4.69) is 40.3 Å². The van der Waals surface area contributed by atoms with E-state index in [1.165, 1.54) is 5.57 Å². The largest absolute Gasteiger partial charge is 0.456 e. The molecule has 0 aliphatic carbocycles. The second-order valence-corrected chi connectivity index (χ2v) is 5.61. The lowest BCUT2D eigenvalue weighted by atomic mass is 9.91. The van der Waals surface area contributed by atoms with Crippen LogP contribution in [0.4, 0.5) is 0 Å². The fourth-order valence-corrected chi connectivity index (χ4v) is 2.25. The quantitative estimate of drug-likeness (QED) is 0.800. The van der Waals surface area contributed by atoms with E-state index in [9.17, 15) is 0 Å². The van der Waals surface area contributed by atoms with Crippen LogP contribution in [0.15, 0.2) is 28.7 Å². The minimum absolute atomic E-state index is 0.664. The van der Waals surface area contributed by atoms with Crippen LogP contribution in [0.5, 0.6) is 0 Å². The van der Waals surface area contributed by atoms with Gasteiger partial charge < -0.3 is 4.42 Å². The molecule has 0 saturated carbocycles. The fourth-order valence-electron chi connectivity index (χ4n) is 2.25. The third kappa shape index (κ3) is 2.35. The molecule has 2 rings (SSSR count). The molecule has 0 amide bonds. The summed E-state index contributed by atoms with van der Waals surface area (Å²) in [6.07, 6.45) is 1.07. The van der Waals surface area contributed by atoms with Crippen LogP contribution in [-0.2, 0) is 0 Å². The fraction of sp³-hybridized carbons (Fsp3) is 0.412. The molecule has 0 N–H and O–H groups in total. The standard InChI is InChI=1S/C17H22O/c1-11(2)12(3)10-13(4)17-14(5)15-8-6-7-9-16(15)18-17/h6-9,11-12H,5,10H2,1-4H3/b17-13-/t12-/m0/s1. The van der Waals surface area contributed by atoms with Crippen molar-refractivity contribution in [2.24, 2.45) is 11.8 Å². The first-order chi connectivity index (χ1) is 8.50. The van der Waals surface area contributed by atoms with E-state index in [1.54, 1.807) is 0 Å². The molecule has 1 aromatic carbocycles. The summed E-state index contributed by atoms with van der Waals surface area (Å²) in [7, 11) is 0. The first-order valence-electron chi connectivity index (χ1n) is 6.67. The molecule has 1 heterocycles. The lowest BCUT2D eigenvalue weighted by molar-refractivity contribution is 0.424. The summed E-state index contributed by atoms with van der Waals surface area (Å²) in [5, 5.41) is 2.16. The Balaban J connectivity index is 2.52. The van der Waals surface area contributed by atoms with Crippen LogP contribution >= 0.6 is 0 Å². The predicted molar refractivity (Wildman–Crippen MR) is 78.7 cm³/mol. The topological polar surface area (TPSA) is 13.1 Å². The second kappa shape index (κ2) is 5.01. The molecule has 0 spiro atoms. The number of benzene rings is 1. The van der Waals surface area contributed by atoms with Crippen molar-refractivity contribution in [1.82, 2.24) is 0 Å². The van der Waals surface area contributed by atoms with Crippen molar-refractivity contribution in [2.75, 3.05) is 0 Å². The van der Waals surface area contributed by atoms with Crippen LogP contribution in [0, 0.1) is 11.8 Å². The Bertz CT molecular complexity index is 646. The van der Waals surface area contributed by atoms with E-state index in [1.807, 2.05) is 18.2 Å². The van der Waals surface area contributed by atoms with Crippen LogP contribution in [-0.4, -0.2) is 0 Å². The summed E-state index contributed by atoms with van der Waals surface area (Å²) < 4.78 is 5.94. The Morgan fingerprint density at radius 1 is 1.22 bits per heavy atom. The average molecular weight is 242 g/mol. The molecule has 1 atom stereocenters. The minimum atomic E-state index is 0.664. The van der Waals surface area contributed by atoms with Crippen molar-refractivity contribution < 1.29 is 4.42 Å². The maximum Gasteiger partial charge on any atom is 0.135 e. The summed E-state index contributed by atoms with van der Waals surface area (Å²) in [6, 6.07) is 8.11. The number of hydrogen-bond donors (Lipinski definition) is 0. The molecule has 96 valence electrons. The van der Waals surface area contributed by atoms with Crippen LogP contribution in [0.25, 0.3) is 23.1 Å². The first kappa shape index (κ1) is 12.9. The minimum Gasteiger partial charge on any atom is -0.456 e. The molecule has 0 aliphatic rings. The molecule has 2 aromatic rings. The van der Waals surface area contributed by atoms with Gasteiger partial charge in [0, 0.05) is 10.6 Å². The van der Waals surface area contributed by atoms with Crippen LogP contribution in [0.2, 0.25) is 0 Å². The Morgan fingerprint density at radius 3 is 2.50 bits per heavy atom. The van der Waals surface area contributed by atoms with Crippen LogP contribution in [0.3, 0.4) is 0 Å². The van der Waals surface area contributed by atoms with Gasteiger partial charge in [0.05, 0.1) is 0 Å². The van der Waals surface area contributed by atoms with Crippen molar-refractivity contribution in [1.29, 1.82) is 0 Å². The van der Waals surface area contributed by atoms with Gasteiger partial charge in [0.1, 0.15) is 11.0 Å². The molecule has 0 unspecified atom stereocenters. The summed E-state index contributed by atoms with van der Waals surface area (Å²) in [4.78, 5) is 0. The Hall–Kier alpha value is -1.50. The highest BCUT2D eigenvalue weighted by Crippen LogP contribution is 2.19. The zero-order valence-electron chi connectivity index (χ0n) is 11.8. The number of rotatable bonds is 3. The van der Waals surface area contributed by atoms with Crippen LogP contribution < -0.4 is 10.6 Å². The van der Waals surface area contributed by atoms with Crippen molar-refractivity contribution in [3.05, 3.63) is 34.9 Å². The molecule has 0 bridgehead atoms. The van der Waals surface area contributed by atoms with Gasteiger partial charge in [-0.05, 0) is 36.8 Å². The molecule has 1 nitrogen and oxygen atoms in total. The van der Waals surface area contributed by atoms with Crippen molar-refractivity contribution in [3.8, 4) is 0 Å². The Morgan fingerprint density at radius 2 is 1.89 bits per heavy atom. The first-order valence-corrected chi connectivity index (χ1v) is 6.67. The predicted octanol–water partition coefficient (Wildman–Crippen LogP) is 3.70. The number of fused-ring (bicyclic) bond motifs is 1. The van der Waals surface area contributed by atoms with Gasteiger partial charge in [0.2, 0.25) is 0 Å². The third-order valence-corrected chi connectivity index (χ3v) is 3.85.